The predicted molar refractivity (Wildman–Crippen MR) is 68.0 cm³/mol. The lowest BCUT2D eigenvalue weighted by Gasteiger charge is -2.22. The number of halogens is 1. The average Bonchev–Trinajstić information content (AvgIpc) is 2.69. The van der Waals surface area contributed by atoms with Gasteiger partial charge >= 0.3 is 5.97 Å². The van der Waals surface area contributed by atoms with Crippen molar-refractivity contribution in [2.24, 2.45) is 5.92 Å². The summed E-state index contributed by atoms with van der Waals surface area (Å²) >= 11 is 5.73. The summed E-state index contributed by atoms with van der Waals surface area (Å²) in [5.74, 6) is -1.70. The minimum absolute atomic E-state index is 0.0185. The van der Waals surface area contributed by atoms with Crippen LogP contribution in [0.2, 0.25) is 5.28 Å². The van der Waals surface area contributed by atoms with Gasteiger partial charge in [0.15, 0.2) is 0 Å². The van der Waals surface area contributed by atoms with Crippen molar-refractivity contribution >= 4 is 23.5 Å². The van der Waals surface area contributed by atoms with Crippen molar-refractivity contribution in [3.8, 4) is 0 Å². The van der Waals surface area contributed by atoms with Gasteiger partial charge in [0.1, 0.15) is 5.69 Å². The van der Waals surface area contributed by atoms with Crippen LogP contribution in [0.4, 0.5) is 0 Å². The van der Waals surface area contributed by atoms with Gasteiger partial charge in [0, 0.05) is 18.3 Å². The van der Waals surface area contributed by atoms with Crippen molar-refractivity contribution in [2.75, 3.05) is 6.54 Å². The largest absolute Gasteiger partial charge is 0.481 e. The van der Waals surface area contributed by atoms with E-state index in [1.807, 2.05) is 0 Å². The molecule has 0 bridgehead atoms. The summed E-state index contributed by atoms with van der Waals surface area (Å²) in [5, 5.41) is 9.08. The average molecular weight is 284 g/mol. The molecule has 1 aliphatic heterocycles. The molecule has 6 nitrogen and oxygen atoms in total. The van der Waals surface area contributed by atoms with E-state index in [9.17, 15) is 9.59 Å². The number of carboxylic acids is 1. The molecule has 102 valence electrons. The maximum atomic E-state index is 12.3. The zero-order valence-corrected chi connectivity index (χ0v) is 11.4. The third kappa shape index (κ3) is 2.68. The van der Waals surface area contributed by atoms with Crippen molar-refractivity contribution in [3.05, 3.63) is 22.7 Å². The molecule has 0 spiro atoms. The Morgan fingerprint density at radius 2 is 2.16 bits per heavy atom. The second kappa shape index (κ2) is 5.13. The number of aromatic nitrogens is 2. The Labute approximate surface area is 115 Å². The number of carboxylic acid groups (broad SMARTS) is 1. The summed E-state index contributed by atoms with van der Waals surface area (Å²) in [6.45, 7) is 3.87. The van der Waals surface area contributed by atoms with E-state index in [2.05, 4.69) is 9.97 Å². The first-order chi connectivity index (χ1) is 8.90. The van der Waals surface area contributed by atoms with E-state index in [0.29, 0.717) is 18.7 Å². The van der Waals surface area contributed by atoms with Crippen LogP contribution in [-0.2, 0) is 4.79 Å². The highest BCUT2D eigenvalue weighted by Gasteiger charge is 2.38. The van der Waals surface area contributed by atoms with Crippen molar-refractivity contribution in [2.45, 2.75) is 26.3 Å². The van der Waals surface area contributed by atoms with Crippen LogP contribution < -0.4 is 0 Å². The summed E-state index contributed by atoms with van der Waals surface area (Å²) in [6.07, 6.45) is 0.458. The third-order valence-electron chi connectivity index (χ3n) is 3.38. The molecule has 0 saturated carbocycles. The highest BCUT2D eigenvalue weighted by Crippen LogP contribution is 2.25. The minimum atomic E-state index is -0.875. The standard InChI is InChI=1S/C12H14ClN3O3/c1-6-5-9(15-12(13)14-6)10(17)16-4-3-8(7(16)2)11(18)19/h5,7-8H,3-4H2,1-2H3,(H,18,19). The van der Waals surface area contributed by atoms with Crippen LogP contribution in [0.3, 0.4) is 0 Å². The molecule has 2 atom stereocenters. The van der Waals surface area contributed by atoms with Gasteiger partial charge in [0.25, 0.3) is 5.91 Å². The number of aliphatic carboxylic acids is 1. The molecule has 19 heavy (non-hydrogen) atoms. The normalized spacial score (nSPS) is 22.6. The molecule has 1 aliphatic rings. The smallest absolute Gasteiger partial charge is 0.308 e. The maximum absolute atomic E-state index is 12.3. The fraction of sp³-hybridized carbons (Fsp3) is 0.500. The monoisotopic (exact) mass is 283 g/mol. The van der Waals surface area contributed by atoms with Crippen LogP contribution in [0.25, 0.3) is 0 Å². The molecule has 0 aromatic carbocycles. The number of amides is 1. The van der Waals surface area contributed by atoms with Crippen LogP contribution in [0.15, 0.2) is 6.07 Å². The van der Waals surface area contributed by atoms with Gasteiger partial charge in [0.2, 0.25) is 5.28 Å². The van der Waals surface area contributed by atoms with Gasteiger partial charge in [0.05, 0.1) is 5.92 Å². The van der Waals surface area contributed by atoms with E-state index in [1.54, 1.807) is 19.9 Å². The lowest BCUT2D eigenvalue weighted by atomic mass is 10.0. The molecule has 1 N–H and O–H groups in total. The SMILES string of the molecule is Cc1cc(C(=O)N2CCC(C(=O)O)C2C)nc(Cl)n1. The number of hydrogen-bond acceptors (Lipinski definition) is 4. The van der Waals surface area contributed by atoms with E-state index in [4.69, 9.17) is 16.7 Å². The van der Waals surface area contributed by atoms with Gasteiger partial charge in [-0.3, -0.25) is 9.59 Å². The molecule has 1 fully saturated rings. The summed E-state index contributed by atoms with van der Waals surface area (Å²) in [5.41, 5.74) is 0.806. The molecule has 2 heterocycles. The Hall–Kier alpha value is -1.69. The lowest BCUT2D eigenvalue weighted by molar-refractivity contribution is -0.142. The van der Waals surface area contributed by atoms with E-state index in [0.717, 1.165) is 0 Å². The number of carbonyl (C=O) groups is 2. The Morgan fingerprint density at radius 3 is 2.68 bits per heavy atom. The Kier molecular flexibility index (Phi) is 3.71. The zero-order chi connectivity index (χ0) is 14.2. The first kappa shape index (κ1) is 13.7. The van der Waals surface area contributed by atoms with E-state index in [-0.39, 0.29) is 22.9 Å². The molecular weight excluding hydrogens is 270 g/mol. The number of hydrogen-bond donors (Lipinski definition) is 1. The topological polar surface area (TPSA) is 83.4 Å². The third-order valence-corrected chi connectivity index (χ3v) is 3.55. The van der Waals surface area contributed by atoms with Gasteiger partial charge in [-0.05, 0) is 37.9 Å². The molecule has 7 heteroatoms. The molecule has 1 saturated heterocycles. The molecule has 0 radical (unpaired) electrons. The lowest BCUT2D eigenvalue weighted by Crippen LogP contribution is -2.38. The van der Waals surface area contributed by atoms with Crippen LogP contribution >= 0.6 is 11.6 Å². The second-order valence-corrected chi connectivity index (χ2v) is 4.97. The van der Waals surface area contributed by atoms with Crippen molar-refractivity contribution in [3.63, 3.8) is 0 Å². The number of rotatable bonds is 2. The van der Waals surface area contributed by atoms with Gasteiger partial charge < -0.3 is 10.0 Å². The van der Waals surface area contributed by atoms with Gasteiger partial charge in [-0.1, -0.05) is 0 Å². The number of carbonyl (C=O) groups excluding carboxylic acids is 1. The first-order valence-electron chi connectivity index (χ1n) is 5.95. The van der Waals surface area contributed by atoms with Crippen LogP contribution in [0.1, 0.15) is 29.5 Å². The number of aryl methyl sites for hydroxylation is 1. The fourth-order valence-corrected chi connectivity index (χ4v) is 2.57. The summed E-state index contributed by atoms with van der Waals surface area (Å²) < 4.78 is 0. The van der Waals surface area contributed by atoms with Crippen LogP contribution in [0.5, 0.6) is 0 Å². The van der Waals surface area contributed by atoms with E-state index < -0.39 is 11.9 Å². The Morgan fingerprint density at radius 1 is 1.47 bits per heavy atom. The summed E-state index contributed by atoms with van der Waals surface area (Å²) in [4.78, 5) is 32.7. The van der Waals surface area contributed by atoms with Gasteiger partial charge in [-0.15, -0.1) is 0 Å². The summed E-state index contributed by atoms with van der Waals surface area (Å²) in [7, 11) is 0. The molecular formula is C12H14ClN3O3. The second-order valence-electron chi connectivity index (χ2n) is 4.64. The van der Waals surface area contributed by atoms with Crippen LogP contribution in [0, 0.1) is 12.8 Å². The summed E-state index contributed by atoms with van der Waals surface area (Å²) in [6, 6.07) is 1.20. The first-order valence-corrected chi connectivity index (χ1v) is 6.33. The number of likely N-dealkylation sites (tertiary alicyclic amines) is 1. The molecule has 2 unspecified atom stereocenters. The minimum Gasteiger partial charge on any atom is -0.481 e. The van der Waals surface area contributed by atoms with E-state index in [1.165, 1.54) is 4.90 Å². The van der Waals surface area contributed by atoms with E-state index >= 15 is 0 Å². The molecule has 0 aliphatic carbocycles. The Bertz CT molecular complexity index is 515. The van der Waals surface area contributed by atoms with Crippen molar-refractivity contribution in [1.29, 1.82) is 0 Å². The van der Waals surface area contributed by atoms with Gasteiger partial charge in [-0.25, -0.2) is 9.97 Å². The van der Waals surface area contributed by atoms with Gasteiger partial charge in [-0.2, -0.15) is 0 Å². The van der Waals surface area contributed by atoms with Crippen molar-refractivity contribution < 1.29 is 14.7 Å². The fourth-order valence-electron chi connectivity index (χ4n) is 2.35. The quantitative estimate of drug-likeness (QED) is 0.829. The highest BCUT2D eigenvalue weighted by atomic mass is 35.5. The molecule has 1 aromatic heterocycles. The Balaban J connectivity index is 2.23. The zero-order valence-electron chi connectivity index (χ0n) is 10.6. The predicted octanol–water partition coefficient (Wildman–Crippen LogP) is 1.37. The molecule has 1 aromatic rings. The number of nitrogens with zero attached hydrogens (tertiary/aromatic N) is 3. The molecule has 1 amide bonds. The molecule has 2 rings (SSSR count). The van der Waals surface area contributed by atoms with Crippen molar-refractivity contribution in [1.82, 2.24) is 14.9 Å². The maximum Gasteiger partial charge on any atom is 0.308 e. The highest BCUT2D eigenvalue weighted by molar-refractivity contribution is 6.28. The van der Waals surface area contributed by atoms with Crippen LogP contribution in [-0.4, -0.2) is 44.4 Å².